The number of nitrogens with one attached hydrogen (secondary N) is 1. The van der Waals surface area contributed by atoms with Gasteiger partial charge < -0.3 is 10.2 Å². The summed E-state index contributed by atoms with van der Waals surface area (Å²) in [6.07, 6.45) is 0. The molecule has 0 atom stereocenters. The van der Waals surface area contributed by atoms with Gasteiger partial charge in [0.05, 0.1) is 16.6 Å². The van der Waals surface area contributed by atoms with Crippen molar-refractivity contribution in [2.24, 2.45) is 10.6 Å². The molecular formula is C21H21FN4O2. The van der Waals surface area contributed by atoms with Crippen LogP contribution in [0.1, 0.15) is 32.2 Å². The van der Waals surface area contributed by atoms with Crippen LogP contribution in [-0.2, 0) is 4.84 Å². The molecule has 1 aromatic heterocycles. The van der Waals surface area contributed by atoms with E-state index >= 15 is 0 Å². The van der Waals surface area contributed by atoms with Gasteiger partial charge in [0, 0.05) is 17.8 Å². The molecule has 0 saturated carbocycles. The lowest BCUT2D eigenvalue weighted by atomic mass is 9.97. The maximum atomic E-state index is 13.8. The Morgan fingerprint density at radius 2 is 2.00 bits per heavy atom. The molecule has 0 bridgehead atoms. The van der Waals surface area contributed by atoms with Gasteiger partial charge in [-0.05, 0) is 41.8 Å². The van der Waals surface area contributed by atoms with E-state index in [0.717, 1.165) is 12.2 Å². The first-order valence-electron chi connectivity index (χ1n) is 9.01. The number of anilines is 1. The van der Waals surface area contributed by atoms with Crippen LogP contribution < -0.4 is 10.9 Å². The van der Waals surface area contributed by atoms with Gasteiger partial charge >= 0.3 is 0 Å². The molecule has 6 nitrogen and oxygen atoms in total. The minimum atomic E-state index is -0.415. The molecule has 3 aromatic rings. The monoisotopic (exact) mass is 380 g/mol. The quantitative estimate of drug-likeness (QED) is 0.551. The highest BCUT2D eigenvalue weighted by molar-refractivity contribution is 6.16. The van der Waals surface area contributed by atoms with Crippen LogP contribution in [0.5, 0.6) is 0 Å². The number of aromatic nitrogens is 2. The van der Waals surface area contributed by atoms with E-state index in [-0.39, 0.29) is 11.0 Å². The van der Waals surface area contributed by atoms with Crippen LogP contribution >= 0.6 is 0 Å². The zero-order chi connectivity index (χ0) is 20.1. The topological polar surface area (TPSA) is 68.5 Å². The van der Waals surface area contributed by atoms with Crippen molar-refractivity contribution in [1.29, 1.82) is 0 Å². The molecule has 0 spiro atoms. The largest absolute Gasteiger partial charge is 0.399 e. The third kappa shape index (κ3) is 3.02. The normalized spacial score (nSPS) is 14.2. The molecule has 2 heterocycles. The van der Waals surface area contributed by atoms with Gasteiger partial charge in [-0.3, -0.25) is 9.36 Å². The summed E-state index contributed by atoms with van der Waals surface area (Å²) in [6.45, 7) is 7.21. The molecule has 2 aromatic carbocycles. The van der Waals surface area contributed by atoms with Gasteiger partial charge in [-0.2, -0.15) is 0 Å². The third-order valence-corrected chi connectivity index (χ3v) is 4.54. The molecule has 28 heavy (non-hydrogen) atoms. The fraction of sp³-hybridized carbons (Fsp3) is 0.286. The van der Waals surface area contributed by atoms with Crippen LogP contribution in [0, 0.1) is 11.2 Å². The summed E-state index contributed by atoms with van der Waals surface area (Å²) in [5.41, 5.74) is 2.68. The highest BCUT2D eigenvalue weighted by atomic mass is 19.1. The third-order valence-electron chi connectivity index (χ3n) is 4.54. The molecule has 144 valence electrons. The fourth-order valence-electron chi connectivity index (χ4n) is 3.24. The Morgan fingerprint density at radius 1 is 1.21 bits per heavy atom. The zero-order valence-electron chi connectivity index (χ0n) is 16.2. The number of fused-ring (bicyclic) bond motifs is 4. The van der Waals surface area contributed by atoms with Crippen LogP contribution in [0.15, 0.2) is 46.3 Å². The lowest BCUT2D eigenvalue weighted by molar-refractivity contribution is 0.214. The van der Waals surface area contributed by atoms with E-state index in [1.165, 1.54) is 23.8 Å². The van der Waals surface area contributed by atoms with Gasteiger partial charge in [0.1, 0.15) is 12.9 Å². The van der Waals surface area contributed by atoms with Crippen LogP contribution in [0.4, 0.5) is 10.1 Å². The Labute approximate surface area is 161 Å². The van der Waals surface area contributed by atoms with E-state index in [2.05, 4.69) is 36.2 Å². The Hall–Kier alpha value is -3.22. The average Bonchev–Trinajstić information content (AvgIpc) is 2.93. The van der Waals surface area contributed by atoms with E-state index in [1.54, 1.807) is 12.1 Å². The molecule has 1 aliphatic rings. The van der Waals surface area contributed by atoms with Crippen molar-refractivity contribution in [3.63, 3.8) is 0 Å². The number of benzene rings is 2. The number of rotatable bonds is 3. The first kappa shape index (κ1) is 18.2. The Kier molecular flexibility index (Phi) is 4.18. The summed E-state index contributed by atoms with van der Waals surface area (Å²) < 4.78 is 15.3. The van der Waals surface area contributed by atoms with Crippen LogP contribution in [0.2, 0.25) is 0 Å². The highest BCUT2D eigenvalue weighted by Crippen LogP contribution is 2.28. The van der Waals surface area contributed by atoms with E-state index < -0.39 is 5.82 Å². The number of oxime groups is 1. The summed E-state index contributed by atoms with van der Waals surface area (Å²) in [5.74, 6) is -0.0745. The summed E-state index contributed by atoms with van der Waals surface area (Å²) in [4.78, 5) is 22.7. The molecule has 0 aliphatic carbocycles. The highest BCUT2D eigenvalue weighted by Gasteiger charge is 2.30. The van der Waals surface area contributed by atoms with Crippen molar-refractivity contribution < 1.29 is 9.23 Å². The maximum absolute atomic E-state index is 13.8. The molecule has 0 saturated heterocycles. The van der Waals surface area contributed by atoms with E-state index in [0.29, 0.717) is 33.7 Å². The van der Waals surface area contributed by atoms with Crippen molar-refractivity contribution in [3.05, 3.63) is 64.0 Å². The predicted octanol–water partition coefficient (Wildman–Crippen LogP) is 3.70. The Balaban J connectivity index is 1.90. The Morgan fingerprint density at radius 3 is 2.71 bits per heavy atom. The molecule has 4 rings (SSSR count). The molecule has 0 radical (unpaired) electrons. The van der Waals surface area contributed by atoms with Gasteiger partial charge in [-0.1, -0.05) is 25.9 Å². The van der Waals surface area contributed by atoms with E-state index in [4.69, 9.17) is 4.84 Å². The summed E-state index contributed by atoms with van der Waals surface area (Å²) in [6, 6.07) is 9.68. The van der Waals surface area contributed by atoms with Crippen molar-refractivity contribution in [2.75, 3.05) is 19.0 Å². The number of hydrogen-bond donors (Lipinski definition) is 1. The lowest BCUT2D eigenvalue weighted by Gasteiger charge is -2.19. The average molecular weight is 380 g/mol. The first-order valence-corrected chi connectivity index (χ1v) is 9.01. The summed E-state index contributed by atoms with van der Waals surface area (Å²) in [7, 11) is 1.41. The maximum Gasteiger partial charge on any atom is 0.266 e. The molecular weight excluding hydrogens is 359 g/mol. The zero-order valence-corrected chi connectivity index (χ0v) is 16.2. The predicted molar refractivity (Wildman–Crippen MR) is 108 cm³/mol. The lowest BCUT2D eigenvalue weighted by Crippen LogP contribution is -2.22. The van der Waals surface area contributed by atoms with Crippen molar-refractivity contribution in [3.8, 4) is 5.69 Å². The van der Waals surface area contributed by atoms with Gasteiger partial charge in [0.15, 0.2) is 11.5 Å². The van der Waals surface area contributed by atoms with Crippen molar-refractivity contribution in [1.82, 2.24) is 9.55 Å². The molecule has 7 heteroatoms. The van der Waals surface area contributed by atoms with Gasteiger partial charge in [0.2, 0.25) is 0 Å². The SMILES string of the molecule is CO/N=C1\c2cc(F)ccc2-n2c1nc1cc(NCC(C)(C)C)ccc1c2=O. The smallest absolute Gasteiger partial charge is 0.266 e. The molecule has 1 aliphatic heterocycles. The number of hydrogen-bond acceptors (Lipinski definition) is 5. The molecule has 1 N–H and O–H groups in total. The second kappa shape index (κ2) is 6.44. The Bertz CT molecular complexity index is 1180. The van der Waals surface area contributed by atoms with E-state index in [9.17, 15) is 9.18 Å². The van der Waals surface area contributed by atoms with Gasteiger partial charge in [-0.15, -0.1) is 0 Å². The minimum absolute atomic E-state index is 0.115. The number of nitrogens with zero attached hydrogens (tertiary/aromatic N) is 3. The van der Waals surface area contributed by atoms with Crippen LogP contribution in [0.3, 0.4) is 0 Å². The molecule has 0 unspecified atom stereocenters. The minimum Gasteiger partial charge on any atom is -0.399 e. The second-order valence-corrected chi connectivity index (χ2v) is 8.01. The summed E-state index contributed by atoms with van der Waals surface area (Å²) in [5, 5.41) is 7.86. The van der Waals surface area contributed by atoms with Crippen LogP contribution in [-0.4, -0.2) is 28.9 Å². The van der Waals surface area contributed by atoms with Gasteiger partial charge in [-0.25, -0.2) is 9.37 Å². The summed E-state index contributed by atoms with van der Waals surface area (Å²) >= 11 is 0. The van der Waals surface area contributed by atoms with Crippen molar-refractivity contribution in [2.45, 2.75) is 20.8 Å². The van der Waals surface area contributed by atoms with Crippen molar-refractivity contribution >= 4 is 22.3 Å². The first-order chi connectivity index (χ1) is 13.3. The number of halogens is 1. The van der Waals surface area contributed by atoms with Crippen LogP contribution in [0.25, 0.3) is 16.6 Å². The second-order valence-electron chi connectivity index (χ2n) is 8.01. The standard InChI is InChI=1S/C21H21FN4O2/c1-21(2,3)11-23-13-6-7-14-16(10-13)24-19-18(25-28-4)15-9-12(22)5-8-17(15)26(19)20(14)27/h5-10,23H,11H2,1-4H3/b25-18+. The fourth-order valence-corrected chi connectivity index (χ4v) is 3.24. The van der Waals surface area contributed by atoms with E-state index in [1.807, 2.05) is 12.1 Å². The molecule has 0 fully saturated rings. The molecule has 0 amide bonds. The van der Waals surface area contributed by atoms with Gasteiger partial charge in [0.25, 0.3) is 5.56 Å².